The van der Waals surface area contributed by atoms with E-state index < -0.39 is 6.10 Å². The maximum atomic E-state index is 13.0. The van der Waals surface area contributed by atoms with E-state index in [0.717, 1.165) is 29.2 Å². The molecule has 2 unspecified atom stereocenters. The molecular weight excluding hydrogens is 310 g/mol. The Kier molecular flexibility index (Phi) is 4.98. The van der Waals surface area contributed by atoms with Crippen molar-refractivity contribution in [3.8, 4) is 5.75 Å². The van der Waals surface area contributed by atoms with Crippen LogP contribution < -0.4 is 9.64 Å². The molecule has 1 heterocycles. The van der Waals surface area contributed by atoms with Crippen LogP contribution in [0.2, 0.25) is 0 Å². The number of hydrogen-bond donors (Lipinski definition) is 1. The summed E-state index contributed by atoms with van der Waals surface area (Å²) in [6.07, 6.45) is 1.86. The zero-order chi connectivity index (χ0) is 16.2. The van der Waals surface area contributed by atoms with E-state index in [-0.39, 0.29) is 11.8 Å². The van der Waals surface area contributed by atoms with Crippen LogP contribution in [0.4, 0.5) is 5.69 Å². The highest BCUT2D eigenvalue weighted by molar-refractivity contribution is 7.09. The maximum absolute atomic E-state index is 13.0. The summed E-state index contributed by atoms with van der Waals surface area (Å²) in [4.78, 5) is 15.9. The van der Waals surface area contributed by atoms with Crippen molar-refractivity contribution >= 4 is 22.9 Å². The Balaban J connectivity index is 1.87. The second-order valence-electron chi connectivity index (χ2n) is 5.81. The van der Waals surface area contributed by atoms with Crippen LogP contribution in [0.5, 0.6) is 5.75 Å². The number of aliphatic hydroxyl groups is 1. The smallest absolute Gasteiger partial charge is 0.233 e. The number of benzene rings is 1. The maximum Gasteiger partial charge on any atom is 0.233 e. The Morgan fingerprint density at radius 2 is 2.09 bits per heavy atom. The highest BCUT2D eigenvalue weighted by Crippen LogP contribution is 2.31. The first-order valence-corrected chi connectivity index (χ1v) is 8.73. The molecule has 0 spiro atoms. The molecule has 5 heteroatoms. The fourth-order valence-corrected chi connectivity index (χ4v) is 3.74. The first-order valence-electron chi connectivity index (χ1n) is 7.85. The molecule has 1 fully saturated rings. The van der Waals surface area contributed by atoms with Crippen LogP contribution in [0.25, 0.3) is 0 Å². The molecular formula is C18H21NO3S. The van der Waals surface area contributed by atoms with Crippen molar-refractivity contribution in [2.45, 2.75) is 31.9 Å². The number of methoxy groups -OCH3 is 1. The van der Waals surface area contributed by atoms with Crippen LogP contribution in [0.15, 0.2) is 41.8 Å². The Morgan fingerprint density at radius 3 is 2.65 bits per heavy atom. The molecule has 1 N–H and O–H groups in total. The fraction of sp³-hybridized carbons (Fsp3) is 0.389. The van der Waals surface area contributed by atoms with E-state index in [4.69, 9.17) is 4.74 Å². The molecule has 23 heavy (non-hydrogen) atoms. The van der Waals surface area contributed by atoms with Crippen molar-refractivity contribution in [1.29, 1.82) is 0 Å². The summed E-state index contributed by atoms with van der Waals surface area (Å²) in [7, 11) is 1.62. The predicted molar refractivity (Wildman–Crippen MR) is 91.9 cm³/mol. The van der Waals surface area contributed by atoms with Gasteiger partial charge in [-0.1, -0.05) is 6.07 Å². The summed E-state index contributed by atoms with van der Waals surface area (Å²) in [5, 5.41) is 12.1. The summed E-state index contributed by atoms with van der Waals surface area (Å²) in [5.74, 6) is 0.476. The molecule has 0 aliphatic heterocycles. The third-order valence-corrected chi connectivity index (χ3v) is 5.20. The third kappa shape index (κ3) is 3.57. The monoisotopic (exact) mass is 331 g/mol. The number of anilines is 1. The Bertz CT molecular complexity index is 639. The quantitative estimate of drug-likeness (QED) is 0.913. The van der Waals surface area contributed by atoms with E-state index in [0.29, 0.717) is 13.0 Å². The van der Waals surface area contributed by atoms with Crippen molar-refractivity contribution in [1.82, 2.24) is 0 Å². The number of hydrogen-bond acceptors (Lipinski definition) is 4. The Hall–Kier alpha value is -1.85. The van der Waals surface area contributed by atoms with Crippen LogP contribution in [-0.4, -0.2) is 24.2 Å². The van der Waals surface area contributed by atoms with Crippen molar-refractivity contribution in [2.75, 3.05) is 12.0 Å². The molecule has 1 amide bonds. The molecule has 2 aromatic rings. The lowest BCUT2D eigenvalue weighted by atomic mass is 10.0. The first-order chi connectivity index (χ1) is 11.2. The molecule has 0 radical (unpaired) electrons. The molecule has 122 valence electrons. The summed E-state index contributed by atoms with van der Waals surface area (Å²) in [6.45, 7) is 0.534. The van der Waals surface area contributed by atoms with Gasteiger partial charge in [-0.15, -0.1) is 11.3 Å². The van der Waals surface area contributed by atoms with Crippen LogP contribution in [-0.2, 0) is 11.3 Å². The number of aliphatic hydroxyl groups excluding tert-OH is 1. The summed E-state index contributed by atoms with van der Waals surface area (Å²) >= 11 is 1.63. The van der Waals surface area contributed by atoms with Gasteiger partial charge in [0.25, 0.3) is 0 Å². The van der Waals surface area contributed by atoms with Crippen molar-refractivity contribution in [3.63, 3.8) is 0 Å². The largest absolute Gasteiger partial charge is 0.497 e. The molecule has 0 bridgehead atoms. The normalized spacial score (nSPS) is 20.4. The minimum atomic E-state index is -0.522. The zero-order valence-corrected chi connectivity index (χ0v) is 14.0. The molecule has 1 aliphatic carbocycles. The lowest BCUT2D eigenvalue weighted by molar-refractivity contribution is -0.125. The molecule has 3 rings (SSSR count). The second kappa shape index (κ2) is 7.15. The summed E-state index contributed by atoms with van der Waals surface area (Å²) in [5.41, 5.74) is 0.836. The molecule has 4 nitrogen and oxygen atoms in total. The van der Waals surface area contributed by atoms with Crippen LogP contribution in [0.3, 0.4) is 0 Å². The van der Waals surface area contributed by atoms with Crippen molar-refractivity contribution < 1.29 is 14.6 Å². The Labute approximate surface area is 140 Å². The average Bonchev–Trinajstić information content (AvgIpc) is 3.23. The SMILES string of the molecule is COc1ccc(N(Cc2cccs2)C(=O)C2CCCC2O)cc1. The van der Waals surface area contributed by atoms with E-state index in [2.05, 4.69) is 0 Å². The number of thiophene rings is 1. The minimum Gasteiger partial charge on any atom is -0.497 e. The van der Waals surface area contributed by atoms with Gasteiger partial charge < -0.3 is 14.7 Å². The molecule has 1 aromatic heterocycles. The van der Waals surface area contributed by atoms with Gasteiger partial charge in [-0.05, 0) is 55.0 Å². The van der Waals surface area contributed by atoms with Gasteiger partial charge in [0.1, 0.15) is 5.75 Å². The van der Waals surface area contributed by atoms with E-state index in [1.807, 2.05) is 41.8 Å². The molecule has 1 saturated carbocycles. The minimum absolute atomic E-state index is 0.00793. The number of amides is 1. The molecule has 0 saturated heterocycles. The van der Waals surface area contributed by atoms with Crippen molar-refractivity contribution in [2.24, 2.45) is 5.92 Å². The van der Waals surface area contributed by atoms with Crippen LogP contribution >= 0.6 is 11.3 Å². The van der Waals surface area contributed by atoms with Gasteiger partial charge >= 0.3 is 0 Å². The number of carbonyl (C=O) groups excluding carboxylic acids is 1. The van der Waals surface area contributed by atoms with Gasteiger partial charge in [-0.3, -0.25) is 4.79 Å². The fourth-order valence-electron chi connectivity index (χ4n) is 3.05. The molecule has 1 aliphatic rings. The molecule has 1 aromatic carbocycles. The third-order valence-electron chi connectivity index (χ3n) is 4.34. The van der Waals surface area contributed by atoms with Crippen molar-refractivity contribution in [3.05, 3.63) is 46.7 Å². The lowest BCUT2D eigenvalue weighted by Gasteiger charge is -2.27. The van der Waals surface area contributed by atoms with Gasteiger partial charge in [-0.25, -0.2) is 0 Å². The highest BCUT2D eigenvalue weighted by atomic mass is 32.1. The standard InChI is InChI=1S/C18H21NO3S/c1-22-14-9-7-13(8-10-14)19(12-15-4-3-11-23-15)18(21)16-5-2-6-17(16)20/h3-4,7-11,16-17,20H,2,5-6,12H2,1H3. The number of ether oxygens (including phenoxy) is 1. The van der Waals surface area contributed by atoms with E-state index >= 15 is 0 Å². The number of carbonyl (C=O) groups is 1. The van der Waals surface area contributed by atoms with Gasteiger partial charge in [0.15, 0.2) is 0 Å². The van der Waals surface area contributed by atoms with E-state index in [1.165, 1.54) is 0 Å². The lowest BCUT2D eigenvalue weighted by Crippen LogP contribution is -2.38. The molecule has 2 atom stereocenters. The first kappa shape index (κ1) is 16.0. The van der Waals surface area contributed by atoms with Gasteiger partial charge in [0.2, 0.25) is 5.91 Å². The van der Waals surface area contributed by atoms with Gasteiger partial charge in [0.05, 0.1) is 25.7 Å². The van der Waals surface area contributed by atoms with E-state index in [9.17, 15) is 9.90 Å². The second-order valence-corrected chi connectivity index (χ2v) is 6.84. The predicted octanol–water partition coefficient (Wildman–Crippen LogP) is 3.45. The van der Waals surface area contributed by atoms with Gasteiger partial charge in [0, 0.05) is 10.6 Å². The van der Waals surface area contributed by atoms with Crippen LogP contribution in [0.1, 0.15) is 24.1 Å². The number of rotatable bonds is 5. The van der Waals surface area contributed by atoms with Crippen LogP contribution in [0, 0.1) is 5.92 Å². The Morgan fingerprint density at radius 1 is 1.30 bits per heavy atom. The van der Waals surface area contributed by atoms with Gasteiger partial charge in [-0.2, -0.15) is 0 Å². The zero-order valence-electron chi connectivity index (χ0n) is 13.1. The average molecular weight is 331 g/mol. The summed E-state index contributed by atoms with van der Waals surface area (Å²) in [6, 6.07) is 11.5. The van der Waals surface area contributed by atoms with E-state index in [1.54, 1.807) is 23.3 Å². The summed E-state index contributed by atoms with van der Waals surface area (Å²) < 4.78 is 5.19. The number of nitrogens with zero attached hydrogens (tertiary/aromatic N) is 1. The topological polar surface area (TPSA) is 49.8 Å². The highest BCUT2D eigenvalue weighted by Gasteiger charge is 2.35.